The highest BCUT2D eigenvalue weighted by Crippen LogP contribution is 2.40. The molecule has 0 bridgehead atoms. The molecule has 0 radical (unpaired) electrons. The molecule has 1 aliphatic carbocycles. The van der Waals surface area contributed by atoms with E-state index in [1.807, 2.05) is 0 Å². The molecular formula is C16H31NO2. The normalized spacial score (nSPS) is 37.4. The van der Waals surface area contributed by atoms with E-state index in [0.29, 0.717) is 12.7 Å². The number of aliphatic hydroxyl groups excluding tert-OH is 1. The summed E-state index contributed by atoms with van der Waals surface area (Å²) in [6, 6.07) is 0. The molecule has 112 valence electrons. The number of nitrogens with zero attached hydrogens (tertiary/aromatic N) is 1. The van der Waals surface area contributed by atoms with Crippen molar-refractivity contribution in [3.8, 4) is 0 Å². The molecule has 3 nitrogen and oxygen atoms in total. The molecule has 19 heavy (non-hydrogen) atoms. The van der Waals surface area contributed by atoms with Crippen molar-refractivity contribution >= 4 is 0 Å². The van der Waals surface area contributed by atoms with Crippen LogP contribution in [0.15, 0.2) is 0 Å². The third kappa shape index (κ3) is 4.17. The van der Waals surface area contributed by atoms with E-state index >= 15 is 0 Å². The summed E-state index contributed by atoms with van der Waals surface area (Å²) in [4.78, 5) is 2.54. The van der Waals surface area contributed by atoms with Gasteiger partial charge in [-0.05, 0) is 45.1 Å². The Balaban J connectivity index is 1.90. The summed E-state index contributed by atoms with van der Waals surface area (Å²) in [5.41, 5.74) is 0.159. The summed E-state index contributed by atoms with van der Waals surface area (Å²) < 4.78 is 5.79. The second-order valence-corrected chi connectivity index (χ2v) is 6.81. The van der Waals surface area contributed by atoms with Crippen LogP contribution in [-0.2, 0) is 4.74 Å². The number of ether oxygens (including phenoxy) is 1. The first-order chi connectivity index (χ1) is 9.17. The fraction of sp³-hybridized carbons (Fsp3) is 1.00. The molecule has 1 heterocycles. The van der Waals surface area contributed by atoms with Gasteiger partial charge in [-0.1, -0.05) is 19.8 Å². The van der Waals surface area contributed by atoms with E-state index in [1.165, 1.54) is 45.1 Å². The lowest BCUT2D eigenvalue weighted by molar-refractivity contribution is -0.0285. The first-order valence-electron chi connectivity index (χ1n) is 8.12. The molecule has 3 atom stereocenters. The molecule has 1 saturated heterocycles. The topological polar surface area (TPSA) is 32.7 Å². The zero-order valence-corrected chi connectivity index (χ0v) is 12.7. The highest BCUT2D eigenvalue weighted by Gasteiger charge is 2.37. The number of rotatable bonds is 5. The van der Waals surface area contributed by atoms with E-state index in [0.717, 1.165) is 25.6 Å². The highest BCUT2D eigenvalue weighted by molar-refractivity contribution is 4.89. The number of hydrogen-bond acceptors (Lipinski definition) is 3. The summed E-state index contributed by atoms with van der Waals surface area (Å²) in [5, 5.41) is 9.90. The summed E-state index contributed by atoms with van der Waals surface area (Å²) in [6.45, 7) is 8.90. The van der Waals surface area contributed by atoms with Crippen molar-refractivity contribution in [2.75, 3.05) is 32.8 Å². The van der Waals surface area contributed by atoms with E-state index in [-0.39, 0.29) is 5.41 Å². The van der Waals surface area contributed by atoms with Crippen molar-refractivity contribution in [3.63, 3.8) is 0 Å². The van der Waals surface area contributed by atoms with Crippen LogP contribution in [-0.4, -0.2) is 49.0 Å². The molecule has 2 rings (SSSR count). The van der Waals surface area contributed by atoms with Crippen LogP contribution in [0.25, 0.3) is 0 Å². The third-order valence-electron chi connectivity index (χ3n) is 4.94. The van der Waals surface area contributed by atoms with Crippen LogP contribution >= 0.6 is 0 Å². The quantitative estimate of drug-likeness (QED) is 0.833. The Kier molecular flexibility index (Phi) is 5.67. The molecule has 1 aliphatic heterocycles. The molecule has 2 aliphatic rings. The Morgan fingerprint density at radius 1 is 1.32 bits per heavy atom. The zero-order valence-electron chi connectivity index (χ0n) is 12.7. The lowest BCUT2D eigenvalue weighted by Crippen LogP contribution is -2.48. The van der Waals surface area contributed by atoms with Gasteiger partial charge in [-0.3, -0.25) is 0 Å². The van der Waals surface area contributed by atoms with Crippen LogP contribution < -0.4 is 0 Å². The van der Waals surface area contributed by atoms with Crippen LogP contribution in [0.2, 0.25) is 0 Å². The summed E-state index contributed by atoms with van der Waals surface area (Å²) in [5.74, 6) is 0.772. The van der Waals surface area contributed by atoms with Gasteiger partial charge in [0.15, 0.2) is 0 Å². The molecule has 0 aromatic rings. The lowest BCUT2D eigenvalue weighted by Gasteiger charge is -2.44. The predicted octanol–water partition coefficient (Wildman–Crippen LogP) is 2.68. The van der Waals surface area contributed by atoms with Gasteiger partial charge < -0.3 is 14.7 Å². The molecule has 1 N–H and O–H groups in total. The van der Waals surface area contributed by atoms with Crippen LogP contribution in [0.4, 0.5) is 0 Å². The maximum Gasteiger partial charge on any atom is 0.0702 e. The summed E-state index contributed by atoms with van der Waals surface area (Å²) >= 11 is 0. The number of piperidine rings is 1. The average Bonchev–Trinajstić information content (AvgIpc) is 2.39. The highest BCUT2D eigenvalue weighted by atomic mass is 16.5. The lowest BCUT2D eigenvalue weighted by atomic mass is 9.70. The Labute approximate surface area is 118 Å². The van der Waals surface area contributed by atoms with E-state index < -0.39 is 0 Å². The van der Waals surface area contributed by atoms with Crippen LogP contribution in [0, 0.1) is 11.3 Å². The first kappa shape index (κ1) is 15.3. The maximum absolute atomic E-state index is 9.90. The minimum atomic E-state index is 0.159. The third-order valence-corrected chi connectivity index (χ3v) is 4.94. The van der Waals surface area contributed by atoms with Crippen molar-refractivity contribution in [2.24, 2.45) is 11.3 Å². The monoisotopic (exact) mass is 269 g/mol. The SMILES string of the molecule is CCOC1CCCN(CC2(CO)CCCC(C)C2)C1. The molecule has 1 saturated carbocycles. The van der Waals surface area contributed by atoms with Crippen LogP contribution in [0.3, 0.4) is 0 Å². The van der Waals surface area contributed by atoms with Crippen LogP contribution in [0.5, 0.6) is 0 Å². The first-order valence-corrected chi connectivity index (χ1v) is 8.12. The van der Waals surface area contributed by atoms with E-state index in [9.17, 15) is 5.11 Å². The smallest absolute Gasteiger partial charge is 0.0702 e. The fourth-order valence-electron chi connectivity index (χ4n) is 4.11. The second kappa shape index (κ2) is 7.05. The predicted molar refractivity (Wildman–Crippen MR) is 78.2 cm³/mol. The Bertz CT molecular complexity index is 269. The number of aliphatic hydroxyl groups is 1. The van der Waals surface area contributed by atoms with Gasteiger partial charge in [0.1, 0.15) is 0 Å². The minimum absolute atomic E-state index is 0.159. The Morgan fingerprint density at radius 2 is 2.16 bits per heavy atom. The van der Waals surface area contributed by atoms with E-state index in [4.69, 9.17) is 4.74 Å². The molecule has 0 aromatic carbocycles. The summed E-state index contributed by atoms with van der Waals surface area (Å²) in [6.07, 6.45) is 7.86. The van der Waals surface area contributed by atoms with Gasteiger partial charge in [-0.15, -0.1) is 0 Å². The largest absolute Gasteiger partial charge is 0.396 e. The summed E-state index contributed by atoms with van der Waals surface area (Å²) in [7, 11) is 0. The van der Waals surface area contributed by atoms with Gasteiger partial charge in [0.05, 0.1) is 6.10 Å². The van der Waals surface area contributed by atoms with Gasteiger partial charge in [-0.2, -0.15) is 0 Å². The number of likely N-dealkylation sites (tertiary alicyclic amines) is 1. The molecule has 0 amide bonds. The van der Waals surface area contributed by atoms with Gasteiger partial charge in [0, 0.05) is 31.7 Å². The molecule has 0 spiro atoms. The van der Waals surface area contributed by atoms with E-state index in [2.05, 4.69) is 18.7 Å². The molecule has 3 unspecified atom stereocenters. The molecule has 0 aromatic heterocycles. The van der Waals surface area contributed by atoms with Crippen molar-refractivity contribution in [2.45, 2.75) is 58.5 Å². The Morgan fingerprint density at radius 3 is 2.84 bits per heavy atom. The van der Waals surface area contributed by atoms with E-state index in [1.54, 1.807) is 0 Å². The van der Waals surface area contributed by atoms with Gasteiger partial charge >= 0.3 is 0 Å². The van der Waals surface area contributed by atoms with Crippen molar-refractivity contribution < 1.29 is 9.84 Å². The van der Waals surface area contributed by atoms with Crippen molar-refractivity contribution in [1.82, 2.24) is 4.90 Å². The average molecular weight is 269 g/mol. The van der Waals surface area contributed by atoms with Crippen molar-refractivity contribution in [3.05, 3.63) is 0 Å². The van der Waals surface area contributed by atoms with Gasteiger partial charge in [0.2, 0.25) is 0 Å². The van der Waals surface area contributed by atoms with Gasteiger partial charge in [-0.25, -0.2) is 0 Å². The Hall–Kier alpha value is -0.120. The van der Waals surface area contributed by atoms with Crippen LogP contribution in [0.1, 0.15) is 52.4 Å². The second-order valence-electron chi connectivity index (χ2n) is 6.81. The zero-order chi connectivity index (χ0) is 13.7. The molecule has 2 fully saturated rings. The fourth-order valence-corrected chi connectivity index (χ4v) is 4.11. The maximum atomic E-state index is 9.90. The minimum Gasteiger partial charge on any atom is -0.396 e. The van der Waals surface area contributed by atoms with Crippen molar-refractivity contribution in [1.29, 1.82) is 0 Å². The molecular weight excluding hydrogens is 238 g/mol. The van der Waals surface area contributed by atoms with Gasteiger partial charge in [0.25, 0.3) is 0 Å². The standard InChI is InChI=1S/C16H31NO2/c1-3-19-15-7-5-9-17(11-15)12-16(13-18)8-4-6-14(2)10-16/h14-15,18H,3-13H2,1-2H3. The number of hydrogen-bond donors (Lipinski definition) is 1. The molecule has 3 heteroatoms.